The highest BCUT2D eigenvalue weighted by Crippen LogP contribution is 2.28. The predicted molar refractivity (Wildman–Crippen MR) is 71.4 cm³/mol. The zero-order chi connectivity index (χ0) is 13.0. The summed E-state index contributed by atoms with van der Waals surface area (Å²) in [7, 11) is 0. The molecule has 18 heavy (non-hydrogen) atoms. The SMILES string of the molecule is Cc1ccc(N)c(Oc2ccc(CC#N)cc2)c1. The first-order chi connectivity index (χ1) is 8.69. The third-order valence-electron chi connectivity index (χ3n) is 2.60. The van der Waals surface area contributed by atoms with Crippen LogP contribution in [0.2, 0.25) is 0 Å². The van der Waals surface area contributed by atoms with Crippen molar-refractivity contribution in [3.8, 4) is 17.6 Å². The van der Waals surface area contributed by atoms with Gasteiger partial charge in [-0.05, 0) is 42.3 Å². The van der Waals surface area contributed by atoms with E-state index in [1.54, 1.807) is 0 Å². The molecule has 0 fully saturated rings. The van der Waals surface area contributed by atoms with Crippen LogP contribution < -0.4 is 10.5 Å². The molecule has 2 aromatic carbocycles. The van der Waals surface area contributed by atoms with E-state index in [1.807, 2.05) is 49.4 Å². The monoisotopic (exact) mass is 238 g/mol. The molecule has 2 rings (SSSR count). The molecule has 0 aliphatic rings. The van der Waals surface area contributed by atoms with Crippen LogP contribution in [0, 0.1) is 18.3 Å². The molecule has 90 valence electrons. The number of hydrogen-bond donors (Lipinski definition) is 1. The molecule has 0 saturated carbocycles. The summed E-state index contributed by atoms with van der Waals surface area (Å²) in [6.45, 7) is 1.99. The lowest BCUT2D eigenvalue weighted by molar-refractivity contribution is 0.484. The van der Waals surface area contributed by atoms with Crippen molar-refractivity contribution < 1.29 is 4.74 Å². The van der Waals surface area contributed by atoms with Crippen molar-refractivity contribution in [2.75, 3.05) is 5.73 Å². The van der Waals surface area contributed by atoms with Crippen LogP contribution >= 0.6 is 0 Å². The molecule has 0 spiro atoms. The van der Waals surface area contributed by atoms with Crippen LogP contribution in [-0.2, 0) is 6.42 Å². The third kappa shape index (κ3) is 2.80. The number of nitrogen functional groups attached to an aromatic ring is 1. The van der Waals surface area contributed by atoms with E-state index in [4.69, 9.17) is 15.7 Å². The molecule has 0 aliphatic heterocycles. The number of anilines is 1. The van der Waals surface area contributed by atoms with E-state index in [1.165, 1.54) is 0 Å². The van der Waals surface area contributed by atoms with Crippen molar-refractivity contribution in [1.29, 1.82) is 5.26 Å². The summed E-state index contributed by atoms with van der Waals surface area (Å²) >= 11 is 0. The second kappa shape index (κ2) is 5.24. The van der Waals surface area contributed by atoms with Crippen LogP contribution in [0.3, 0.4) is 0 Å². The lowest BCUT2D eigenvalue weighted by atomic mass is 10.1. The minimum Gasteiger partial charge on any atom is -0.455 e. The number of nitrogens with zero attached hydrogens (tertiary/aromatic N) is 1. The van der Waals surface area contributed by atoms with Crippen molar-refractivity contribution in [3.63, 3.8) is 0 Å². The molecule has 0 bridgehead atoms. The number of ether oxygens (including phenoxy) is 1. The van der Waals surface area contributed by atoms with Crippen LogP contribution in [0.1, 0.15) is 11.1 Å². The van der Waals surface area contributed by atoms with Crippen molar-refractivity contribution in [2.24, 2.45) is 0 Å². The van der Waals surface area contributed by atoms with Crippen LogP contribution in [0.5, 0.6) is 11.5 Å². The van der Waals surface area contributed by atoms with Gasteiger partial charge in [-0.3, -0.25) is 0 Å². The minimum atomic E-state index is 0.410. The number of hydrogen-bond acceptors (Lipinski definition) is 3. The number of nitriles is 1. The lowest BCUT2D eigenvalue weighted by Crippen LogP contribution is -1.92. The summed E-state index contributed by atoms with van der Waals surface area (Å²) < 4.78 is 5.72. The first-order valence-corrected chi connectivity index (χ1v) is 5.69. The standard InChI is InChI=1S/C15H14N2O/c1-11-2-7-14(17)15(10-11)18-13-5-3-12(4-6-13)8-9-16/h2-7,10H,8,17H2,1H3. The Morgan fingerprint density at radius 1 is 1.17 bits per heavy atom. The quantitative estimate of drug-likeness (QED) is 0.833. The Morgan fingerprint density at radius 2 is 1.89 bits per heavy atom. The molecule has 2 N–H and O–H groups in total. The van der Waals surface area contributed by atoms with Crippen LogP contribution in [0.25, 0.3) is 0 Å². The Hall–Kier alpha value is -2.47. The molecule has 3 nitrogen and oxygen atoms in total. The maximum atomic E-state index is 8.59. The summed E-state index contributed by atoms with van der Waals surface area (Å²) in [5, 5.41) is 8.59. The summed E-state index contributed by atoms with van der Waals surface area (Å²) in [5.41, 5.74) is 8.53. The lowest BCUT2D eigenvalue weighted by Gasteiger charge is -2.09. The van der Waals surface area contributed by atoms with Gasteiger partial charge in [-0.25, -0.2) is 0 Å². The van der Waals surface area contributed by atoms with Crippen LogP contribution in [0.4, 0.5) is 5.69 Å². The molecule has 0 atom stereocenters. The average Bonchev–Trinajstić information content (AvgIpc) is 2.37. The smallest absolute Gasteiger partial charge is 0.150 e. The molecule has 0 saturated heterocycles. The van der Waals surface area contributed by atoms with Gasteiger partial charge >= 0.3 is 0 Å². The van der Waals surface area contributed by atoms with E-state index in [9.17, 15) is 0 Å². The number of benzene rings is 2. The van der Waals surface area contributed by atoms with Crippen molar-refractivity contribution in [1.82, 2.24) is 0 Å². The summed E-state index contributed by atoms with van der Waals surface area (Å²) in [6.07, 6.45) is 0.410. The van der Waals surface area contributed by atoms with Crippen molar-refractivity contribution >= 4 is 5.69 Å². The van der Waals surface area contributed by atoms with E-state index in [0.29, 0.717) is 23.6 Å². The highest BCUT2D eigenvalue weighted by Gasteiger charge is 2.02. The third-order valence-corrected chi connectivity index (χ3v) is 2.60. The predicted octanol–water partition coefficient (Wildman–Crippen LogP) is 3.44. The Kier molecular flexibility index (Phi) is 3.49. The fourth-order valence-corrected chi connectivity index (χ4v) is 1.62. The molecule has 0 heterocycles. The highest BCUT2D eigenvalue weighted by molar-refractivity contribution is 5.55. The first-order valence-electron chi connectivity index (χ1n) is 5.69. The zero-order valence-electron chi connectivity index (χ0n) is 10.2. The highest BCUT2D eigenvalue weighted by atomic mass is 16.5. The normalized spacial score (nSPS) is 9.78. The van der Waals surface area contributed by atoms with Crippen molar-refractivity contribution in [3.05, 3.63) is 53.6 Å². The van der Waals surface area contributed by atoms with E-state index in [0.717, 1.165) is 11.1 Å². The molecule has 0 aromatic heterocycles. The Labute approximate surface area is 106 Å². The molecular weight excluding hydrogens is 224 g/mol. The van der Waals surface area contributed by atoms with E-state index >= 15 is 0 Å². The molecule has 0 amide bonds. The van der Waals surface area contributed by atoms with Gasteiger partial charge in [0.05, 0.1) is 18.2 Å². The van der Waals surface area contributed by atoms with Gasteiger partial charge in [0.15, 0.2) is 5.75 Å². The molecule has 2 aromatic rings. The second-order valence-electron chi connectivity index (χ2n) is 4.12. The van der Waals surface area contributed by atoms with Gasteiger partial charge in [-0.1, -0.05) is 18.2 Å². The van der Waals surface area contributed by atoms with Gasteiger partial charge < -0.3 is 10.5 Å². The Balaban J connectivity index is 2.18. The van der Waals surface area contributed by atoms with Crippen LogP contribution in [0.15, 0.2) is 42.5 Å². The fourth-order valence-electron chi connectivity index (χ4n) is 1.62. The summed E-state index contributed by atoms with van der Waals surface area (Å²) in [4.78, 5) is 0. The summed E-state index contributed by atoms with van der Waals surface area (Å²) in [5.74, 6) is 1.37. The van der Waals surface area contributed by atoms with E-state index in [2.05, 4.69) is 6.07 Å². The van der Waals surface area contributed by atoms with Gasteiger partial charge in [0.1, 0.15) is 5.75 Å². The summed E-state index contributed by atoms with van der Waals surface area (Å²) in [6, 6.07) is 15.2. The average molecular weight is 238 g/mol. The molecule has 0 unspecified atom stereocenters. The number of aryl methyl sites for hydroxylation is 1. The first kappa shape index (κ1) is 12.0. The van der Waals surface area contributed by atoms with Gasteiger partial charge in [-0.2, -0.15) is 5.26 Å². The number of nitrogens with two attached hydrogens (primary N) is 1. The minimum absolute atomic E-state index is 0.410. The largest absolute Gasteiger partial charge is 0.455 e. The molecular formula is C15H14N2O. The van der Waals surface area contributed by atoms with E-state index in [-0.39, 0.29) is 0 Å². The maximum absolute atomic E-state index is 8.59. The zero-order valence-corrected chi connectivity index (χ0v) is 10.2. The Bertz CT molecular complexity index is 582. The fraction of sp³-hybridized carbons (Fsp3) is 0.133. The second-order valence-corrected chi connectivity index (χ2v) is 4.12. The number of rotatable bonds is 3. The topological polar surface area (TPSA) is 59.0 Å². The van der Waals surface area contributed by atoms with E-state index < -0.39 is 0 Å². The van der Waals surface area contributed by atoms with Gasteiger partial charge in [0.25, 0.3) is 0 Å². The Morgan fingerprint density at radius 3 is 2.56 bits per heavy atom. The van der Waals surface area contributed by atoms with Gasteiger partial charge in [0.2, 0.25) is 0 Å². The van der Waals surface area contributed by atoms with Gasteiger partial charge in [-0.15, -0.1) is 0 Å². The molecule has 0 aliphatic carbocycles. The maximum Gasteiger partial charge on any atom is 0.150 e. The molecule has 0 radical (unpaired) electrons. The van der Waals surface area contributed by atoms with Gasteiger partial charge in [0, 0.05) is 0 Å². The van der Waals surface area contributed by atoms with Crippen LogP contribution in [-0.4, -0.2) is 0 Å². The molecule has 3 heteroatoms. The van der Waals surface area contributed by atoms with Crippen molar-refractivity contribution in [2.45, 2.75) is 13.3 Å².